The van der Waals surface area contributed by atoms with Gasteiger partial charge in [0, 0.05) is 24.4 Å². The van der Waals surface area contributed by atoms with Gasteiger partial charge in [0.25, 0.3) is 5.91 Å². The second kappa shape index (κ2) is 8.88. The molecule has 9 heteroatoms. The topological polar surface area (TPSA) is 76.5 Å². The van der Waals surface area contributed by atoms with Crippen molar-refractivity contribution in [2.24, 2.45) is 5.10 Å². The van der Waals surface area contributed by atoms with Crippen LogP contribution in [0, 0.1) is 0 Å². The van der Waals surface area contributed by atoms with Crippen molar-refractivity contribution >= 4 is 35.0 Å². The molecule has 1 amide bonds. The lowest BCUT2D eigenvalue weighted by Gasteiger charge is -2.19. The van der Waals surface area contributed by atoms with E-state index in [1.807, 2.05) is 36.4 Å². The molecule has 0 bridgehead atoms. The summed E-state index contributed by atoms with van der Waals surface area (Å²) >= 11 is 7.45. The van der Waals surface area contributed by atoms with Gasteiger partial charge in [-0.2, -0.15) is 5.10 Å². The minimum Gasteiger partial charge on any atom is -0.467 e. The Hall–Kier alpha value is -2.58. The van der Waals surface area contributed by atoms with Gasteiger partial charge in [-0.3, -0.25) is 4.79 Å². The lowest BCUT2D eigenvalue weighted by atomic mass is 10.0. The van der Waals surface area contributed by atoms with Gasteiger partial charge >= 0.3 is 0 Å². The molecule has 3 aromatic rings. The zero-order valence-electron chi connectivity index (χ0n) is 16.9. The van der Waals surface area contributed by atoms with E-state index < -0.39 is 0 Å². The molecular weight excluding hydrogens is 434 g/mol. The molecule has 2 aliphatic heterocycles. The molecule has 1 atom stereocenters. The summed E-state index contributed by atoms with van der Waals surface area (Å²) in [5.41, 5.74) is 1.79. The first-order valence-corrected chi connectivity index (χ1v) is 11.8. The third-order valence-electron chi connectivity index (χ3n) is 5.62. The molecule has 0 aliphatic carbocycles. The molecule has 5 rings (SSSR count). The number of carbonyl (C=O) groups is 1. The number of hydrogen-bond donors (Lipinski definition) is 0. The first-order valence-electron chi connectivity index (χ1n) is 10.4. The molecule has 0 N–H and O–H groups in total. The van der Waals surface area contributed by atoms with Crippen LogP contribution in [-0.4, -0.2) is 37.1 Å². The summed E-state index contributed by atoms with van der Waals surface area (Å²) in [6, 6.07) is 11.0. The molecule has 0 radical (unpaired) electrons. The average Bonchev–Trinajstić information content (AvgIpc) is 3.50. The molecule has 160 valence electrons. The normalized spacial score (nSPS) is 18.5. The van der Waals surface area contributed by atoms with Gasteiger partial charge in [-0.25, -0.2) is 5.01 Å². The first-order chi connectivity index (χ1) is 15.2. The molecule has 0 unspecified atom stereocenters. The van der Waals surface area contributed by atoms with Crippen molar-refractivity contribution in [2.75, 3.05) is 5.75 Å². The fourth-order valence-corrected chi connectivity index (χ4v) is 4.98. The number of thioether (sulfide) groups is 1. The molecule has 2 aromatic heterocycles. The van der Waals surface area contributed by atoms with Crippen LogP contribution >= 0.6 is 23.4 Å². The van der Waals surface area contributed by atoms with Crippen LogP contribution in [0.3, 0.4) is 0 Å². The average molecular weight is 456 g/mol. The Bertz CT molecular complexity index is 1090. The van der Waals surface area contributed by atoms with Crippen molar-refractivity contribution in [1.29, 1.82) is 0 Å². The third-order valence-corrected chi connectivity index (χ3v) is 6.82. The zero-order chi connectivity index (χ0) is 21.2. The molecule has 2 aliphatic rings. The van der Waals surface area contributed by atoms with Gasteiger partial charge in [-0.05, 0) is 42.7 Å². The number of amides is 1. The predicted molar refractivity (Wildman–Crippen MR) is 119 cm³/mol. The van der Waals surface area contributed by atoms with Gasteiger partial charge < -0.3 is 8.98 Å². The predicted octanol–water partition coefficient (Wildman–Crippen LogP) is 4.72. The van der Waals surface area contributed by atoms with Crippen LogP contribution in [0.4, 0.5) is 0 Å². The summed E-state index contributed by atoms with van der Waals surface area (Å²) in [6.45, 7) is 0.913. The minimum absolute atomic E-state index is 0.0821. The number of carbonyl (C=O) groups excluding carboxylic acids is 1. The highest BCUT2D eigenvalue weighted by molar-refractivity contribution is 7.99. The standard InChI is InChI=1S/C22H22ClN5O2S/c23-16-9-7-15(8-10-16)17-13-18(19-5-4-12-30-19)28(26-17)21(29)14-31-22-25-24-20-6-2-1-3-11-27(20)22/h4-5,7-10,12,18H,1-3,6,11,13-14H2/t18-/m0/s1. The number of hydrogen-bond acceptors (Lipinski definition) is 6. The molecule has 0 fully saturated rings. The first kappa shape index (κ1) is 20.3. The maximum atomic E-state index is 13.2. The Morgan fingerprint density at radius 2 is 2.03 bits per heavy atom. The Kier molecular flexibility index (Phi) is 5.82. The number of rotatable bonds is 5. The van der Waals surface area contributed by atoms with Crippen molar-refractivity contribution in [1.82, 2.24) is 19.8 Å². The monoisotopic (exact) mass is 455 g/mol. The Balaban J connectivity index is 1.35. The number of benzene rings is 1. The van der Waals surface area contributed by atoms with Crippen molar-refractivity contribution < 1.29 is 9.21 Å². The molecule has 0 saturated carbocycles. The van der Waals surface area contributed by atoms with E-state index in [0.29, 0.717) is 11.4 Å². The summed E-state index contributed by atoms with van der Waals surface area (Å²) in [7, 11) is 0. The summed E-state index contributed by atoms with van der Waals surface area (Å²) in [6.07, 6.45) is 6.62. The van der Waals surface area contributed by atoms with Crippen LogP contribution in [0.5, 0.6) is 0 Å². The lowest BCUT2D eigenvalue weighted by Crippen LogP contribution is -2.28. The number of fused-ring (bicyclic) bond motifs is 1. The van der Waals surface area contributed by atoms with Gasteiger partial charge in [0.15, 0.2) is 5.16 Å². The van der Waals surface area contributed by atoms with E-state index in [9.17, 15) is 4.79 Å². The summed E-state index contributed by atoms with van der Waals surface area (Å²) in [5.74, 6) is 1.90. The van der Waals surface area contributed by atoms with Gasteiger partial charge in [0.2, 0.25) is 0 Å². The van der Waals surface area contributed by atoms with Gasteiger partial charge in [0.1, 0.15) is 17.6 Å². The van der Waals surface area contributed by atoms with Crippen LogP contribution in [-0.2, 0) is 17.8 Å². The molecule has 0 saturated heterocycles. The summed E-state index contributed by atoms with van der Waals surface area (Å²) in [4.78, 5) is 13.2. The van der Waals surface area contributed by atoms with E-state index in [-0.39, 0.29) is 17.7 Å². The molecule has 0 spiro atoms. The molecular formula is C22H22ClN5O2S. The van der Waals surface area contributed by atoms with E-state index in [2.05, 4.69) is 19.9 Å². The van der Waals surface area contributed by atoms with Gasteiger partial charge in [-0.1, -0.05) is 41.9 Å². The number of hydrazone groups is 1. The molecule has 31 heavy (non-hydrogen) atoms. The van der Waals surface area contributed by atoms with E-state index in [1.54, 1.807) is 11.3 Å². The van der Waals surface area contributed by atoms with Gasteiger partial charge in [-0.15, -0.1) is 10.2 Å². The zero-order valence-corrected chi connectivity index (χ0v) is 18.5. The quantitative estimate of drug-likeness (QED) is 0.520. The van der Waals surface area contributed by atoms with Crippen LogP contribution in [0.15, 0.2) is 57.3 Å². The van der Waals surface area contributed by atoms with E-state index >= 15 is 0 Å². The van der Waals surface area contributed by atoms with Crippen molar-refractivity contribution in [3.05, 3.63) is 64.8 Å². The maximum Gasteiger partial charge on any atom is 0.253 e. The number of aryl methyl sites for hydroxylation is 1. The number of furan rings is 1. The Morgan fingerprint density at radius 1 is 1.16 bits per heavy atom. The summed E-state index contributed by atoms with van der Waals surface area (Å²) < 4.78 is 7.77. The lowest BCUT2D eigenvalue weighted by molar-refractivity contribution is -0.130. The SMILES string of the molecule is O=C(CSc1nnc2n1CCCCC2)N1N=C(c2ccc(Cl)cc2)C[C@H]1c1ccco1. The van der Waals surface area contributed by atoms with Crippen LogP contribution in [0.1, 0.15) is 48.9 Å². The molecule has 1 aromatic carbocycles. The second-order valence-electron chi connectivity index (χ2n) is 7.68. The smallest absolute Gasteiger partial charge is 0.253 e. The van der Waals surface area contributed by atoms with Crippen LogP contribution in [0.25, 0.3) is 0 Å². The molecule has 7 nitrogen and oxygen atoms in total. The van der Waals surface area contributed by atoms with Crippen LogP contribution < -0.4 is 0 Å². The number of aromatic nitrogens is 3. The van der Waals surface area contributed by atoms with Crippen LogP contribution in [0.2, 0.25) is 5.02 Å². The van der Waals surface area contributed by atoms with E-state index in [0.717, 1.165) is 53.8 Å². The van der Waals surface area contributed by atoms with E-state index in [4.69, 9.17) is 16.0 Å². The fourth-order valence-electron chi connectivity index (χ4n) is 4.02. The third kappa shape index (κ3) is 4.27. The highest BCUT2D eigenvalue weighted by Gasteiger charge is 2.35. The number of halogens is 1. The highest BCUT2D eigenvalue weighted by atomic mass is 35.5. The molecule has 4 heterocycles. The fraction of sp³-hybridized carbons (Fsp3) is 0.364. The highest BCUT2D eigenvalue weighted by Crippen LogP contribution is 2.34. The number of nitrogens with zero attached hydrogens (tertiary/aromatic N) is 5. The Labute approximate surface area is 189 Å². The Morgan fingerprint density at radius 3 is 2.84 bits per heavy atom. The summed E-state index contributed by atoms with van der Waals surface area (Å²) in [5, 5.41) is 16.3. The van der Waals surface area contributed by atoms with Gasteiger partial charge in [0.05, 0.1) is 17.7 Å². The van der Waals surface area contributed by atoms with E-state index in [1.165, 1.54) is 18.2 Å². The maximum absolute atomic E-state index is 13.2. The van der Waals surface area contributed by atoms with Crippen molar-refractivity contribution in [3.63, 3.8) is 0 Å². The largest absolute Gasteiger partial charge is 0.467 e. The van der Waals surface area contributed by atoms with Crippen molar-refractivity contribution in [3.8, 4) is 0 Å². The minimum atomic E-state index is -0.260. The van der Waals surface area contributed by atoms with Crippen molar-refractivity contribution in [2.45, 2.75) is 49.8 Å². The second-order valence-corrected chi connectivity index (χ2v) is 9.06.